The molecular formula is C25H20Cl3NO4. The van der Waals surface area contributed by atoms with E-state index in [1.165, 1.54) is 14.2 Å². The zero-order valence-electron chi connectivity index (χ0n) is 18.1. The van der Waals surface area contributed by atoms with E-state index in [0.29, 0.717) is 54.8 Å². The first-order chi connectivity index (χ1) is 15.9. The maximum absolute atomic E-state index is 9.74. The summed E-state index contributed by atoms with van der Waals surface area (Å²) in [5.41, 5.74) is 2.50. The van der Waals surface area contributed by atoms with E-state index in [-0.39, 0.29) is 6.61 Å². The molecule has 0 aliphatic rings. The Labute approximate surface area is 207 Å². The van der Waals surface area contributed by atoms with E-state index in [1.807, 2.05) is 0 Å². The van der Waals surface area contributed by atoms with Gasteiger partial charge < -0.3 is 18.9 Å². The fraction of sp³-hybridized carbons (Fsp3) is 0.160. The zero-order valence-corrected chi connectivity index (χ0v) is 20.4. The predicted octanol–water partition coefficient (Wildman–Crippen LogP) is 7.32. The molecule has 0 amide bonds. The van der Waals surface area contributed by atoms with Crippen LogP contribution >= 0.6 is 34.8 Å². The number of methoxy groups -OCH3 is 3. The summed E-state index contributed by atoms with van der Waals surface area (Å²) in [5.74, 6) is 1.89. The Morgan fingerprint density at radius 1 is 0.848 bits per heavy atom. The third-order valence-electron chi connectivity index (χ3n) is 4.76. The first-order valence-electron chi connectivity index (χ1n) is 9.68. The number of hydrogen-bond donors (Lipinski definition) is 0. The Kier molecular flexibility index (Phi) is 8.35. The highest BCUT2D eigenvalue weighted by molar-refractivity contribution is 6.35. The summed E-state index contributed by atoms with van der Waals surface area (Å²) in [6, 6.07) is 16.1. The zero-order chi connectivity index (χ0) is 24.0. The van der Waals surface area contributed by atoms with Gasteiger partial charge in [0.25, 0.3) is 0 Å². The minimum atomic E-state index is 0.177. The summed E-state index contributed by atoms with van der Waals surface area (Å²) in [4.78, 5) is 0. The summed E-state index contributed by atoms with van der Waals surface area (Å²) in [6.45, 7) is 0.177. The lowest BCUT2D eigenvalue weighted by Gasteiger charge is -2.14. The van der Waals surface area contributed by atoms with Gasteiger partial charge in [-0.2, -0.15) is 5.26 Å². The highest BCUT2D eigenvalue weighted by atomic mass is 35.5. The van der Waals surface area contributed by atoms with Crippen molar-refractivity contribution in [3.63, 3.8) is 0 Å². The number of halogens is 3. The van der Waals surface area contributed by atoms with Crippen LogP contribution in [0.1, 0.15) is 16.7 Å². The second-order valence-corrected chi connectivity index (χ2v) is 8.05. The van der Waals surface area contributed by atoms with Crippen LogP contribution in [0, 0.1) is 11.3 Å². The van der Waals surface area contributed by atoms with Crippen molar-refractivity contribution in [3.05, 3.63) is 80.3 Å². The molecule has 0 bridgehead atoms. The number of allylic oxidation sites excluding steroid dienone is 1. The molecule has 0 saturated heterocycles. The lowest BCUT2D eigenvalue weighted by molar-refractivity contribution is 0.285. The van der Waals surface area contributed by atoms with Crippen LogP contribution in [-0.4, -0.2) is 21.3 Å². The molecule has 3 aromatic carbocycles. The lowest BCUT2D eigenvalue weighted by atomic mass is 10.0. The predicted molar refractivity (Wildman–Crippen MR) is 132 cm³/mol. The lowest BCUT2D eigenvalue weighted by Crippen LogP contribution is -1.99. The number of hydrogen-bond acceptors (Lipinski definition) is 5. The molecule has 0 atom stereocenters. The normalized spacial score (nSPS) is 11.0. The van der Waals surface area contributed by atoms with Crippen molar-refractivity contribution < 1.29 is 18.9 Å². The summed E-state index contributed by atoms with van der Waals surface area (Å²) in [7, 11) is 4.61. The fourth-order valence-electron chi connectivity index (χ4n) is 3.10. The molecule has 33 heavy (non-hydrogen) atoms. The molecule has 0 aliphatic heterocycles. The van der Waals surface area contributed by atoms with Gasteiger partial charge >= 0.3 is 0 Å². The van der Waals surface area contributed by atoms with Gasteiger partial charge in [-0.3, -0.25) is 0 Å². The third-order valence-corrected chi connectivity index (χ3v) is 5.63. The maximum Gasteiger partial charge on any atom is 0.180 e. The highest BCUT2D eigenvalue weighted by Crippen LogP contribution is 2.39. The molecular weight excluding hydrogens is 485 g/mol. The maximum atomic E-state index is 9.74. The number of ether oxygens (including phenoxy) is 4. The largest absolute Gasteiger partial charge is 0.493 e. The third kappa shape index (κ3) is 5.85. The van der Waals surface area contributed by atoms with Gasteiger partial charge in [0, 0.05) is 15.6 Å². The smallest absolute Gasteiger partial charge is 0.180 e. The molecule has 0 aromatic heterocycles. The van der Waals surface area contributed by atoms with Crippen molar-refractivity contribution in [2.45, 2.75) is 6.61 Å². The van der Waals surface area contributed by atoms with Crippen molar-refractivity contribution in [3.8, 4) is 29.1 Å². The Hall–Kier alpha value is -3.04. The molecule has 0 aliphatic carbocycles. The molecule has 3 rings (SSSR count). The molecule has 5 nitrogen and oxygen atoms in total. The van der Waals surface area contributed by atoms with E-state index >= 15 is 0 Å². The van der Waals surface area contributed by atoms with Crippen LogP contribution in [0.25, 0.3) is 11.6 Å². The molecule has 3 aromatic rings. The van der Waals surface area contributed by atoms with Crippen LogP contribution in [0.15, 0.2) is 48.5 Å². The van der Waals surface area contributed by atoms with E-state index in [2.05, 4.69) is 6.07 Å². The summed E-state index contributed by atoms with van der Waals surface area (Å²) in [6.07, 6.45) is 1.70. The van der Waals surface area contributed by atoms with E-state index in [4.69, 9.17) is 53.8 Å². The average molecular weight is 505 g/mol. The van der Waals surface area contributed by atoms with E-state index in [0.717, 1.165) is 5.56 Å². The van der Waals surface area contributed by atoms with Gasteiger partial charge in [-0.1, -0.05) is 40.9 Å². The highest BCUT2D eigenvalue weighted by Gasteiger charge is 2.14. The molecule has 170 valence electrons. The van der Waals surface area contributed by atoms with Gasteiger partial charge in [-0.15, -0.1) is 0 Å². The van der Waals surface area contributed by atoms with Crippen molar-refractivity contribution in [1.82, 2.24) is 0 Å². The standard InChI is InChI=1S/C25H20Cl3NO4/c1-30-22-7-5-16(11-23(22)31-2)18(13-29)8-15-9-21(28)25(24(10-15)32-3)33-14-17-4-6-19(26)12-20(17)27/h4-12H,14H2,1-3H3/b18-8+. The number of nitrogens with zero attached hydrogens (tertiary/aromatic N) is 1. The van der Waals surface area contributed by atoms with E-state index in [1.54, 1.807) is 61.7 Å². The van der Waals surface area contributed by atoms with Gasteiger partial charge in [0.05, 0.1) is 38.0 Å². The summed E-state index contributed by atoms with van der Waals surface area (Å²) in [5, 5.41) is 11.1. The van der Waals surface area contributed by atoms with E-state index < -0.39 is 0 Å². The first-order valence-corrected chi connectivity index (χ1v) is 10.8. The first kappa shape index (κ1) is 24.6. The quantitative estimate of drug-likeness (QED) is 0.238. The molecule has 8 heteroatoms. The molecule has 0 heterocycles. The van der Waals surface area contributed by atoms with E-state index in [9.17, 15) is 5.26 Å². The molecule has 0 unspecified atom stereocenters. The second kappa shape index (κ2) is 11.2. The Balaban J connectivity index is 1.92. The number of nitriles is 1. The van der Waals surface area contributed by atoms with Crippen LogP contribution in [-0.2, 0) is 6.61 Å². The van der Waals surface area contributed by atoms with Crippen molar-refractivity contribution in [1.29, 1.82) is 5.26 Å². The average Bonchev–Trinajstić information content (AvgIpc) is 2.82. The molecule has 0 spiro atoms. The molecule has 0 fully saturated rings. The van der Waals surface area contributed by atoms with Crippen LogP contribution in [0.4, 0.5) is 0 Å². The number of benzene rings is 3. The van der Waals surface area contributed by atoms with Crippen LogP contribution in [0.2, 0.25) is 15.1 Å². The van der Waals surface area contributed by atoms with Gasteiger partial charge in [-0.05, 0) is 59.7 Å². The van der Waals surface area contributed by atoms with Gasteiger partial charge in [0.1, 0.15) is 6.61 Å². The van der Waals surface area contributed by atoms with Crippen LogP contribution in [0.5, 0.6) is 23.0 Å². The van der Waals surface area contributed by atoms with Gasteiger partial charge in [0.2, 0.25) is 0 Å². The summed E-state index contributed by atoms with van der Waals surface area (Å²) < 4.78 is 22.0. The fourth-order valence-corrected chi connectivity index (χ4v) is 3.84. The topological polar surface area (TPSA) is 60.7 Å². The molecule has 0 saturated carbocycles. The van der Waals surface area contributed by atoms with Crippen molar-refractivity contribution >= 4 is 46.5 Å². The Morgan fingerprint density at radius 3 is 2.21 bits per heavy atom. The Bertz CT molecular complexity index is 1240. The summed E-state index contributed by atoms with van der Waals surface area (Å²) >= 11 is 18.7. The minimum Gasteiger partial charge on any atom is -0.493 e. The van der Waals surface area contributed by atoms with Crippen LogP contribution < -0.4 is 18.9 Å². The van der Waals surface area contributed by atoms with Gasteiger partial charge in [0.15, 0.2) is 23.0 Å². The monoisotopic (exact) mass is 503 g/mol. The Morgan fingerprint density at radius 2 is 1.58 bits per heavy atom. The SMILES string of the molecule is COc1ccc(/C(C#N)=C/c2cc(Cl)c(OCc3ccc(Cl)cc3Cl)c(OC)c2)cc1OC. The number of rotatable bonds is 8. The molecule has 0 N–H and O–H groups in total. The van der Waals surface area contributed by atoms with Crippen molar-refractivity contribution in [2.24, 2.45) is 0 Å². The van der Waals surface area contributed by atoms with Crippen molar-refractivity contribution in [2.75, 3.05) is 21.3 Å². The minimum absolute atomic E-state index is 0.177. The second-order valence-electron chi connectivity index (χ2n) is 6.80. The van der Waals surface area contributed by atoms with Crippen LogP contribution in [0.3, 0.4) is 0 Å². The molecule has 0 radical (unpaired) electrons. The van der Waals surface area contributed by atoms with Gasteiger partial charge in [-0.25, -0.2) is 0 Å².